The van der Waals surface area contributed by atoms with E-state index in [4.69, 9.17) is 0 Å². The Balaban J connectivity index is 2.39. The zero-order chi connectivity index (χ0) is 10.3. The molecule has 14 heavy (non-hydrogen) atoms. The zero-order valence-corrected chi connectivity index (χ0v) is 8.07. The lowest BCUT2D eigenvalue weighted by Crippen LogP contribution is -2.33. The summed E-state index contributed by atoms with van der Waals surface area (Å²) >= 11 is 0. The van der Waals surface area contributed by atoms with E-state index in [0.29, 0.717) is 5.95 Å². The van der Waals surface area contributed by atoms with Crippen molar-refractivity contribution in [3.8, 4) is 0 Å². The van der Waals surface area contributed by atoms with E-state index in [9.17, 15) is 9.59 Å². The van der Waals surface area contributed by atoms with Gasteiger partial charge in [-0.15, -0.1) is 0 Å². The van der Waals surface area contributed by atoms with Gasteiger partial charge in [0, 0.05) is 18.8 Å². The number of aromatic amines is 1. The Kier molecular flexibility index (Phi) is 1.70. The van der Waals surface area contributed by atoms with Crippen LogP contribution in [0.3, 0.4) is 0 Å². The molecule has 0 unspecified atom stereocenters. The number of hydrogen-bond donors (Lipinski definition) is 1. The second kappa shape index (κ2) is 2.67. The highest BCUT2D eigenvalue weighted by molar-refractivity contribution is 6.21. The van der Waals surface area contributed by atoms with Crippen molar-refractivity contribution < 1.29 is 9.59 Å². The van der Waals surface area contributed by atoms with E-state index in [1.54, 1.807) is 20.0 Å². The van der Waals surface area contributed by atoms with Gasteiger partial charge in [0.05, 0.1) is 5.41 Å². The molecule has 5 heteroatoms. The van der Waals surface area contributed by atoms with Crippen molar-refractivity contribution in [2.24, 2.45) is 5.41 Å². The average molecular weight is 193 g/mol. The molecule has 1 aliphatic heterocycles. The molecule has 2 rings (SSSR count). The van der Waals surface area contributed by atoms with E-state index in [2.05, 4.69) is 9.97 Å². The number of amides is 2. The van der Waals surface area contributed by atoms with Crippen LogP contribution in [0.5, 0.6) is 0 Å². The number of hydrogen-bond acceptors (Lipinski definition) is 3. The molecule has 1 aliphatic rings. The Hall–Kier alpha value is -1.65. The number of rotatable bonds is 1. The Bertz CT molecular complexity index is 381. The van der Waals surface area contributed by atoms with Crippen LogP contribution in [-0.2, 0) is 9.59 Å². The number of imidazole rings is 1. The maximum atomic E-state index is 11.8. The number of H-pyrrole nitrogens is 1. The second-order valence-electron chi connectivity index (χ2n) is 4.01. The minimum absolute atomic E-state index is 0.197. The molecule has 0 bridgehead atoms. The molecule has 1 saturated heterocycles. The van der Waals surface area contributed by atoms with Crippen molar-refractivity contribution in [3.63, 3.8) is 0 Å². The molecule has 74 valence electrons. The van der Waals surface area contributed by atoms with Crippen LogP contribution >= 0.6 is 0 Å². The third kappa shape index (κ3) is 1.13. The van der Waals surface area contributed by atoms with Crippen molar-refractivity contribution in [3.05, 3.63) is 12.4 Å². The second-order valence-corrected chi connectivity index (χ2v) is 4.01. The maximum absolute atomic E-state index is 11.8. The van der Waals surface area contributed by atoms with Crippen LogP contribution in [0.4, 0.5) is 5.95 Å². The van der Waals surface area contributed by atoms with Gasteiger partial charge in [0.2, 0.25) is 17.8 Å². The van der Waals surface area contributed by atoms with E-state index in [1.165, 1.54) is 6.20 Å². The molecule has 0 atom stereocenters. The molecule has 5 nitrogen and oxygen atoms in total. The van der Waals surface area contributed by atoms with Crippen molar-refractivity contribution in [2.45, 2.75) is 20.3 Å². The van der Waals surface area contributed by atoms with Gasteiger partial charge >= 0.3 is 0 Å². The molecule has 0 spiro atoms. The largest absolute Gasteiger partial charge is 0.330 e. The fourth-order valence-corrected chi connectivity index (χ4v) is 1.54. The van der Waals surface area contributed by atoms with Crippen LogP contribution in [0.1, 0.15) is 20.3 Å². The topological polar surface area (TPSA) is 66.1 Å². The summed E-state index contributed by atoms with van der Waals surface area (Å²) < 4.78 is 0. The first-order valence-corrected chi connectivity index (χ1v) is 4.39. The smallest absolute Gasteiger partial charge is 0.242 e. The van der Waals surface area contributed by atoms with Crippen LogP contribution in [-0.4, -0.2) is 21.8 Å². The van der Waals surface area contributed by atoms with E-state index < -0.39 is 5.41 Å². The lowest BCUT2D eigenvalue weighted by Gasteiger charge is -2.14. The molecular formula is C9H11N3O2. The van der Waals surface area contributed by atoms with E-state index in [-0.39, 0.29) is 18.2 Å². The summed E-state index contributed by atoms with van der Waals surface area (Å²) in [4.78, 5) is 31.1. The molecule has 0 saturated carbocycles. The molecule has 2 amide bonds. The molecule has 2 heterocycles. The molecule has 1 N–H and O–H groups in total. The fraction of sp³-hybridized carbons (Fsp3) is 0.444. The molecule has 1 aromatic heterocycles. The van der Waals surface area contributed by atoms with Crippen LogP contribution in [0, 0.1) is 5.41 Å². The summed E-state index contributed by atoms with van der Waals surface area (Å²) in [6.45, 7) is 3.52. The average Bonchev–Trinajstić information content (AvgIpc) is 2.61. The van der Waals surface area contributed by atoms with Gasteiger partial charge in [-0.2, -0.15) is 0 Å². The van der Waals surface area contributed by atoms with Crippen LogP contribution in [0.15, 0.2) is 12.4 Å². The van der Waals surface area contributed by atoms with Gasteiger partial charge in [0.15, 0.2) is 0 Å². The molecule has 0 aliphatic carbocycles. The van der Waals surface area contributed by atoms with Crippen molar-refractivity contribution in [2.75, 3.05) is 4.90 Å². The first-order valence-electron chi connectivity index (χ1n) is 4.39. The number of aromatic nitrogens is 2. The third-order valence-corrected chi connectivity index (χ3v) is 2.32. The molecular weight excluding hydrogens is 182 g/mol. The van der Waals surface area contributed by atoms with Crippen molar-refractivity contribution >= 4 is 17.8 Å². The first kappa shape index (κ1) is 8.93. The molecule has 1 aromatic rings. The summed E-state index contributed by atoms with van der Waals surface area (Å²) in [7, 11) is 0. The highest BCUT2D eigenvalue weighted by atomic mass is 16.2. The van der Waals surface area contributed by atoms with E-state index in [1.807, 2.05) is 0 Å². The third-order valence-electron chi connectivity index (χ3n) is 2.32. The number of nitrogens with zero attached hydrogens (tertiary/aromatic N) is 2. The van der Waals surface area contributed by atoms with Crippen LogP contribution in [0.2, 0.25) is 0 Å². The number of carbonyl (C=O) groups excluding carboxylic acids is 2. The summed E-state index contributed by atoms with van der Waals surface area (Å²) in [5.41, 5.74) is -0.607. The normalized spacial score (nSPS) is 20.6. The number of imide groups is 1. The van der Waals surface area contributed by atoms with Crippen molar-refractivity contribution in [1.82, 2.24) is 9.97 Å². The van der Waals surface area contributed by atoms with Gasteiger partial charge in [0.1, 0.15) is 0 Å². The SMILES string of the molecule is CC1(C)CC(=O)N(c2ncc[nH]2)C1=O. The van der Waals surface area contributed by atoms with Crippen LogP contribution in [0.25, 0.3) is 0 Å². The lowest BCUT2D eigenvalue weighted by molar-refractivity contribution is -0.124. The molecule has 0 aromatic carbocycles. The van der Waals surface area contributed by atoms with Gasteiger partial charge in [0.25, 0.3) is 0 Å². The Morgan fingerprint density at radius 3 is 2.64 bits per heavy atom. The molecule has 0 radical (unpaired) electrons. The van der Waals surface area contributed by atoms with E-state index in [0.717, 1.165) is 4.90 Å². The zero-order valence-electron chi connectivity index (χ0n) is 8.07. The fourth-order valence-electron chi connectivity index (χ4n) is 1.54. The van der Waals surface area contributed by atoms with Gasteiger partial charge in [-0.05, 0) is 0 Å². The van der Waals surface area contributed by atoms with Gasteiger partial charge < -0.3 is 4.98 Å². The monoisotopic (exact) mass is 193 g/mol. The summed E-state index contributed by atoms with van der Waals surface area (Å²) in [5.74, 6) is -0.0852. The minimum Gasteiger partial charge on any atom is -0.330 e. The Morgan fingerprint density at radius 1 is 1.50 bits per heavy atom. The Labute approximate surface area is 81.1 Å². The number of anilines is 1. The van der Waals surface area contributed by atoms with Crippen LogP contribution < -0.4 is 4.90 Å². The maximum Gasteiger partial charge on any atom is 0.242 e. The summed E-state index contributed by atoms with van der Waals surface area (Å²) in [5, 5.41) is 0. The summed E-state index contributed by atoms with van der Waals surface area (Å²) in [6.07, 6.45) is 3.34. The van der Waals surface area contributed by atoms with Gasteiger partial charge in [-0.1, -0.05) is 13.8 Å². The standard InChI is InChI=1S/C9H11N3O2/c1-9(2)5-6(13)12(7(9)14)8-10-3-4-11-8/h3-4H,5H2,1-2H3,(H,10,11). The minimum atomic E-state index is -0.607. The highest BCUT2D eigenvalue weighted by Gasteiger charge is 2.46. The predicted molar refractivity (Wildman–Crippen MR) is 49.5 cm³/mol. The van der Waals surface area contributed by atoms with Gasteiger partial charge in [-0.3, -0.25) is 9.59 Å². The first-order chi connectivity index (χ1) is 6.52. The number of carbonyl (C=O) groups is 2. The lowest BCUT2D eigenvalue weighted by atomic mass is 9.92. The Morgan fingerprint density at radius 2 is 2.21 bits per heavy atom. The summed E-state index contributed by atoms with van der Waals surface area (Å²) in [6, 6.07) is 0. The quantitative estimate of drug-likeness (QED) is 0.667. The number of nitrogens with one attached hydrogen (secondary N) is 1. The van der Waals surface area contributed by atoms with Crippen molar-refractivity contribution in [1.29, 1.82) is 0 Å². The van der Waals surface area contributed by atoms with Gasteiger partial charge in [-0.25, -0.2) is 9.88 Å². The highest BCUT2D eigenvalue weighted by Crippen LogP contribution is 2.33. The predicted octanol–water partition coefficient (Wildman–Crippen LogP) is 0.699. The van der Waals surface area contributed by atoms with E-state index >= 15 is 0 Å². The molecule has 1 fully saturated rings.